The second-order valence-corrected chi connectivity index (χ2v) is 12.5. The second-order valence-electron chi connectivity index (χ2n) is 12.5. The molecule has 0 radical (unpaired) electrons. The van der Waals surface area contributed by atoms with Crippen LogP contribution in [0.3, 0.4) is 0 Å². The maximum absolute atomic E-state index is 12.9. The molecule has 0 spiro atoms. The third-order valence-electron chi connectivity index (χ3n) is 7.20. The van der Waals surface area contributed by atoms with Crippen LogP contribution in [0.2, 0.25) is 0 Å². The fraction of sp³-hybridized carbons (Fsp3) is 0.962. The van der Waals surface area contributed by atoms with E-state index in [9.17, 15) is 9.90 Å². The van der Waals surface area contributed by atoms with Crippen molar-refractivity contribution in [2.24, 2.45) is 33.5 Å². The number of hydrogen-bond donors (Lipinski definition) is 2. The minimum absolute atomic E-state index is 0.0517. The van der Waals surface area contributed by atoms with Crippen molar-refractivity contribution >= 4 is 5.97 Å². The number of esters is 1. The van der Waals surface area contributed by atoms with E-state index < -0.39 is 18.1 Å². The predicted molar refractivity (Wildman–Crippen MR) is 124 cm³/mol. The first-order valence-corrected chi connectivity index (χ1v) is 12.1. The Morgan fingerprint density at radius 1 is 0.967 bits per heavy atom. The van der Waals surface area contributed by atoms with E-state index in [1.165, 1.54) is 25.7 Å². The molecule has 0 aliphatic heterocycles. The highest BCUT2D eigenvalue weighted by Gasteiger charge is 2.57. The molecule has 2 N–H and O–H groups in total. The van der Waals surface area contributed by atoms with Crippen molar-refractivity contribution in [2.45, 2.75) is 113 Å². The first-order valence-electron chi connectivity index (χ1n) is 12.1. The fourth-order valence-corrected chi connectivity index (χ4v) is 6.37. The third-order valence-corrected chi connectivity index (χ3v) is 7.20. The molecule has 5 atom stereocenters. The van der Waals surface area contributed by atoms with Crippen LogP contribution < -0.4 is 0 Å². The van der Waals surface area contributed by atoms with Crippen LogP contribution in [0.4, 0.5) is 0 Å². The van der Waals surface area contributed by atoms with Crippen LogP contribution in [-0.2, 0) is 9.53 Å². The van der Waals surface area contributed by atoms with Crippen molar-refractivity contribution in [3.63, 3.8) is 0 Å². The van der Waals surface area contributed by atoms with E-state index in [1.54, 1.807) is 0 Å². The Balaban J connectivity index is 2.94. The number of hydrogen-bond acceptors (Lipinski definition) is 4. The average molecular weight is 427 g/mol. The summed E-state index contributed by atoms with van der Waals surface area (Å²) in [6.07, 6.45) is 6.43. The molecule has 1 fully saturated rings. The number of aliphatic hydroxyl groups is 2. The first-order chi connectivity index (χ1) is 13.6. The van der Waals surface area contributed by atoms with Gasteiger partial charge < -0.3 is 14.9 Å². The van der Waals surface area contributed by atoms with E-state index in [4.69, 9.17) is 9.84 Å². The molecule has 4 heteroatoms. The Morgan fingerprint density at radius 3 is 2.00 bits per heavy atom. The van der Waals surface area contributed by atoms with Crippen LogP contribution in [0.5, 0.6) is 0 Å². The molecule has 0 aromatic carbocycles. The topological polar surface area (TPSA) is 66.8 Å². The summed E-state index contributed by atoms with van der Waals surface area (Å²) in [4.78, 5) is 12.9. The number of aliphatic hydroxyl groups excluding tert-OH is 2. The highest BCUT2D eigenvalue weighted by atomic mass is 16.5. The van der Waals surface area contributed by atoms with Crippen molar-refractivity contribution < 1.29 is 19.7 Å². The van der Waals surface area contributed by atoms with E-state index in [0.29, 0.717) is 22.7 Å². The summed E-state index contributed by atoms with van der Waals surface area (Å²) in [5.74, 6) is 1.10. The van der Waals surface area contributed by atoms with Gasteiger partial charge in [0.25, 0.3) is 0 Å². The van der Waals surface area contributed by atoms with E-state index in [2.05, 4.69) is 55.4 Å². The monoisotopic (exact) mass is 426 g/mol. The van der Waals surface area contributed by atoms with Crippen LogP contribution >= 0.6 is 0 Å². The van der Waals surface area contributed by atoms with Crippen molar-refractivity contribution in [1.82, 2.24) is 0 Å². The molecular formula is C26H50O4. The molecule has 1 rings (SSSR count). The van der Waals surface area contributed by atoms with Gasteiger partial charge in [-0.15, -0.1) is 0 Å². The molecule has 0 amide bonds. The van der Waals surface area contributed by atoms with Gasteiger partial charge in [0.2, 0.25) is 0 Å². The summed E-state index contributed by atoms with van der Waals surface area (Å²) in [6, 6.07) is 0. The number of ether oxygens (including phenoxy) is 1. The highest BCUT2D eigenvalue weighted by molar-refractivity contribution is 5.76. The molecule has 0 saturated heterocycles. The summed E-state index contributed by atoms with van der Waals surface area (Å²) >= 11 is 0. The molecular weight excluding hydrogens is 376 g/mol. The Morgan fingerprint density at radius 2 is 1.53 bits per heavy atom. The molecule has 30 heavy (non-hydrogen) atoms. The Hall–Kier alpha value is -0.610. The second kappa shape index (κ2) is 10.3. The maximum atomic E-state index is 12.9. The van der Waals surface area contributed by atoms with Gasteiger partial charge in [0, 0.05) is 0 Å². The molecule has 1 aliphatic carbocycles. The molecule has 1 saturated carbocycles. The van der Waals surface area contributed by atoms with Gasteiger partial charge in [-0.1, -0.05) is 68.2 Å². The predicted octanol–water partition coefficient (Wildman–Crippen LogP) is 5.98. The lowest BCUT2D eigenvalue weighted by Crippen LogP contribution is -2.38. The number of rotatable bonds is 13. The smallest absolute Gasteiger partial charge is 0.311 e. The van der Waals surface area contributed by atoms with E-state index in [1.807, 2.05) is 6.92 Å². The van der Waals surface area contributed by atoms with Gasteiger partial charge in [0.15, 0.2) is 0 Å². The highest BCUT2D eigenvalue weighted by Crippen LogP contribution is 2.64. The molecule has 5 unspecified atom stereocenters. The molecule has 0 aromatic rings. The van der Waals surface area contributed by atoms with Crippen LogP contribution in [-0.4, -0.2) is 35.5 Å². The van der Waals surface area contributed by atoms with Crippen molar-refractivity contribution in [2.75, 3.05) is 13.2 Å². The fourth-order valence-electron chi connectivity index (χ4n) is 6.37. The van der Waals surface area contributed by atoms with Crippen molar-refractivity contribution in [3.05, 3.63) is 0 Å². The van der Waals surface area contributed by atoms with Gasteiger partial charge in [-0.25, -0.2) is 0 Å². The zero-order valence-corrected chi connectivity index (χ0v) is 21.3. The van der Waals surface area contributed by atoms with Gasteiger partial charge >= 0.3 is 5.97 Å². The van der Waals surface area contributed by atoms with Crippen LogP contribution in [0.15, 0.2) is 0 Å². The van der Waals surface area contributed by atoms with Gasteiger partial charge in [-0.05, 0) is 67.1 Å². The molecule has 0 bridgehead atoms. The summed E-state index contributed by atoms with van der Waals surface area (Å²) in [5.41, 5.74) is 0.152. The van der Waals surface area contributed by atoms with Crippen LogP contribution in [0.1, 0.15) is 107 Å². The molecule has 1 aliphatic rings. The summed E-state index contributed by atoms with van der Waals surface area (Å²) in [5, 5.41) is 18.6. The van der Waals surface area contributed by atoms with Gasteiger partial charge in [0.05, 0.1) is 12.0 Å². The normalized spacial score (nSPS) is 24.6. The zero-order chi connectivity index (χ0) is 23.4. The SMILES string of the molecule is CCCC(C)(CC(C)(C)C1CC1C(C)(CCC)CC(C)(C)C)C(=O)OCC(O)CO. The summed E-state index contributed by atoms with van der Waals surface area (Å²) in [6.45, 7) is 20.0. The lowest BCUT2D eigenvalue weighted by Gasteiger charge is -2.40. The van der Waals surface area contributed by atoms with Crippen molar-refractivity contribution in [3.8, 4) is 0 Å². The van der Waals surface area contributed by atoms with E-state index >= 15 is 0 Å². The quantitative estimate of drug-likeness (QED) is 0.355. The Bertz CT molecular complexity index is 550. The first kappa shape index (κ1) is 27.4. The standard InChI is InChI=1S/C26H50O4/c1-10-12-25(8,17-23(3,4)5)21-14-20(21)24(6,7)18-26(9,13-11-2)22(29)30-16-19(28)15-27/h19-21,27-28H,10-18H2,1-9H3. The van der Waals surface area contributed by atoms with Crippen molar-refractivity contribution in [1.29, 1.82) is 0 Å². The summed E-state index contributed by atoms with van der Waals surface area (Å²) < 4.78 is 5.41. The minimum Gasteiger partial charge on any atom is -0.462 e. The zero-order valence-electron chi connectivity index (χ0n) is 21.3. The molecule has 0 aromatic heterocycles. The van der Waals surface area contributed by atoms with Crippen LogP contribution in [0.25, 0.3) is 0 Å². The Kier molecular flexibility index (Phi) is 9.45. The molecule has 178 valence electrons. The van der Waals surface area contributed by atoms with Gasteiger partial charge in [0.1, 0.15) is 12.7 Å². The van der Waals surface area contributed by atoms with Gasteiger partial charge in [-0.2, -0.15) is 0 Å². The number of carbonyl (C=O) groups excluding carboxylic acids is 1. The van der Waals surface area contributed by atoms with Crippen LogP contribution in [0, 0.1) is 33.5 Å². The molecule has 4 nitrogen and oxygen atoms in total. The summed E-state index contributed by atoms with van der Waals surface area (Å²) in [7, 11) is 0. The maximum Gasteiger partial charge on any atom is 0.311 e. The lowest BCUT2D eigenvalue weighted by molar-refractivity contribution is -0.161. The largest absolute Gasteiger partial charge is 0.462 e. The molecule has 0 heterocycles. The average Bonchev–Trinajstić information content (AvgIpc) is 3.40. The third kappa shape index (κ3) is 7.51. The number of carbonyl (C=O) groups is 1. The Labute approximate surface area is 186 Å². The lowest BCUT2D eigenvalue weighted by atomic mass is 9.65. The van der Waals surface area contributed by atoms with E-state index in [-0.39, 0.29) is 18.0 Å². The minimum atomic E-state index is -1.01. The van der Waals surface area contributed by atoms with Gasteiger partial charge in [-0.3, -0.25) is 4.79 Å². The van der Waals surface area contributed by atoms with E-state index in [0.717, 1.165) is 19.3 Å².